The van der Waals surface area contributed by atoms with Crippen LogP contribution in [-0.4, -0.2) is 56.9 Å². The number of hydrogen-bond acceptors (Lipinski definition) is 4. The summed E-state index contributed by atoms with van der Waals surface area (Å²) in [4.78, 5) is 0. The molecule has 2 aliphatic rings. The van der Waals surface area contributed by atoms with Crippen molar-refractivity contribution in [3.05, 3.63) is 0 Å². The van der Waals surface area contributed by atoms with Crippen molar-refractivity contribution >= 4 is 10.0 Å². The lowest BCUT2D eigenvalue weighted by atomic mass is 10.2. The fourth-order valence-corrected chi connectivity index (χ4v) is 4.32. The summed E-state index contributed by atoms with van der Waals surface area (Å²) in [5.74, 6) is 0. The zero-order valence-corrected chi connectivity index (χ0v) is 10.5. The Balaban J connectivity index is 2.05. The molecule has 0 aliphatic carbocycles. The molecule has 0 aromatic rings. The molecule has 6 heteroatoms. The van der Waals surface area contributed by atoms with Crippen LogP contribution in [0, 0.1) is 0 Å². The second kappa shape index (κ2) is 5.00. The molecule has 0 aromatic carbocycles. The highest BCUT2D eigenvalue weighted by Gasteiger charge is 2.35. The molecule has 94 valence electrons. The van der Waals surface area contributed by atoms with Crippen LogP contribution in [0.1, 0.15) is 19.8 Å². The summed E-state index contributed by atoms with van der Waals surface area (Å²) in [6, 6.07) is 0. The summed E-state index contributed by atoms with van der Waals surface area (Å²) < 4.78 is 31.6. The predicted octanol–water partition coefficient (Wildman–Crippen LogP) is -0.211. The Morgan fingerprint density at radius 3 is 2.62 bits per heavy atom. The average molecular weight is 248 g/mol. The molecule has 16 heavy (non-hydrogen) atoms. The van der Waals surface area contributed by atoms with Gasteiger partial charge in [-0.15, -0.1) is 0 Å². The molecule has 2 saturated heterocycles. The van der Waals surface area contributed by atoms with Crippen LogP contribution in [-0.2, 0) is 14.8 Å². The van der Waals surface area contributed by atoms with Crippen LogP contribution in [0.2, 0.25) is 0 Å². The van der Waals surface area contributed by atoms with Gasteiger partial charge in [0.15, 0.2) is 0 Å². The second-order valence-corrected chi connectivity index (χ2v) is 6.75. The van der Waals surface area contributed by atoms with Gasteiger partial charge in [-0.3, -0.25) is 0 Å². The van der Waals surface area contributed by atoms with Gasteiger partial charge in [-0.05, 0) is 32.9 Å². The second-order valence-electron chi connectivity index (χ2n) is 4.53. The van der Waals surface area contributed by atoms with Gasteiger partial charge in [0.2, 0.25) is 10.0 Å². The first kappa shape index (κ1) is 12.3. The van der Waals surface area contributed by atoms with Crippen molar-refractivity contribution in [2.45, 2.75) is 31.1 Å². The first-order chi connectivity index (χ1) is 7.60. The normalized spacial score (nSPS) is 30.4. The quantitative estimate of drug-likeness (QED) is 0.734. The van der Waals surface area contributed by atoms with E-state index in [1.165, 1.54) is 0 Å². The Morgan fingerprint density at radius 2 is 2.00 bits per heavy atom. The molecule has 2 rings (SSSR count). The maximum Gasteiger partial charge on any atom is 0.217 e. The zero-order valence-electron chi connectivity index (χ0n) is 9.68. The zero-order chi connectivity index (χ0) is 11.6. The van der Waals surface area contributed by atoms with E-state index in [0.29, 0.717) is 19.7 Å². The van der Waals surface area contributed by atoms with Crippen LogP contribution in [0.4, 0.5) is 0 Å². The van der Waals surface area contributed by atoms with Crippen molar-refractivity contribution in [1.29, 1.82) is 0 Å². The Kier molecular flexibility index (Phi) is 3.84. The molecule has 5 nitrogen and oxygen atoms in total. The largest absolute Gasteiger partial charge is 0.376 e. The maximum absolute atomic E-state index is 12.3. The van der Waals surface area contributed by atoms with Crippen LogP contribution < -0.4 is 5.32 Å². The van der Waals surface area contributed by atoms with Gasteiger partial charge in [0, 0.05) is 13.1 Å². The highest BCUT2D eigenvalue weighted by Crippen LogP contribution is 2.20. The molecular formula is C10H20N2O3S. The van der Waals surface area contributed by atoms with Crippen LogP contribution in [0.15, 0.2) is 0 Å². The molecule has 1 N–H and O–H groups in total. The summed E-state index contributed by atoms with van der Waals surface area (Å²) >= 11 is 0. The number of rotatable bonds is 2. The van der Waals surface area contributed by atoms with Gasteiger partial charge in [0.25, 0.3) is 0 Å². The third kappa shape index (κ3) is 2.56. The molecular weight excluding hydrogens is 228 g/mol. The Labute approximate surface area is 97.2 Å². The third-order valence-corrected chi connectivity index (χ3v) is 5.64. The first-order valence-electron chi connectivity index (χ1n) is 5.92. The minimum Gasteiger partial charge on any atom is -0.376 e. The van der Waals surface area contributed by atoms with Crippen molar-refractivity contribution in [1.82, 2.24) is 9.62 Å². The number of hydrogen-bond donors (Lipinski definition) is 1. The van der Waals surface area contributed by atoms with E-state index in [-0.39, 0.29) is 11.4 Å². The number of sulfonamides is 1. The van der Waals surface area contributed by atoms with Gasteiger partial charge < -0.3 is 10.1 Å². The van der Waals surface area contributed by atoms with E-state index < -0.39 is 10.0 Å². The van der Waals surface area contributed by atoms with Crippen LogP contribution >= 0.6 is 0 Å². The molecule has 0 radical (unpaired) electrons. The molecule has 0 spiro atoms. The van der Waals surface area contributed by atoms with Gasteiger partial charge >= 0.3 is 0 Å². The molecule has 0 saturated carbocycles. The highest BCUT2D eigenvalue weighted by atomic mass is 32.2. The van der Waals surface area contributed by atoms with E-state index in [1.54, 1.807) is 4.31 Å². The molecule has 0 bridgehead atoms. The van der Waals surface area contributed by atoms with E-state index >= 15 is 0 Å². The van der Waals surface area contributed by atoms with E-state index in [4.69, 9.17) is 4.74 Å². The summed E-state index contributed by atoms with van der Waals surface area (Å²) in [7, 11) is -3.10. The van der Waals surface area contributed by atoms with Crippen LogP contribution in [0.3, 0.4) is 0 Å². The molecule has 0 aromatic heterocycles. The summed E-state index contributed by atoms with van der Waals surface area (Å²) in [5, 5.41) is 3.00. The standard InChI is InChI=1S/C10H20N2O3S/c1-9-8-12(6-7-15-9)16(13,14)10-2-4-11-5-3-10/h9-11H,2-8H2,1H3. The van der Waals surface area contributed by atoms with Gasteiger partial charge in [0.05, 0.1) is 18.0 Å². The van der Waals surface area contributed by atoms with Gasteiger partial charge in [-0.1, -0.05) is 0 Å². The van der Waals surface area contributed by atoms with E-state index in [1.807, 2.05) is 6.92 Å². The number of ether oxygens (including phenoxy) is 1. The maximum atomic E-state index is 12.3. The average Bonchev–Trinajstić information content (AvgIpc) is 2.30. The van der Waals surface area contributed by atoms with E-state index in [0.717, 1.165) is 25.9 Å². The Hall–Kier alpha value is -0.170. The third-order valence-electron chi connectivity index (χ3n) is 3.27. The van der Waals surface area contributed by atoms with E-state index in [2.05, 4.69) is 5.32 Å². The highest BCUT2D eigenvalue weighted by molar-refractivity contribution is 7.89. The number of nitrogens with one attached hydrogen (secondary N) is 1. The van der Waals surface area contributed by atoms with Crippen molar-refractivity contribution in [3.63, 3.8) is 0 Å². The number of nitrogens with zero attached hydrogens (tertiary/aromatic N) is 1. The molecule has 1 atom stereocenters. The van der Waals surface area contributed by atoms with Gasteiger partial charge in [0.1, 0.15) is 0 Å². The topological polar surface area (TPSA) is 58.6 Å². The Bertz CT molecular complexity index is 325. The summed E-state index contributed by atoms with van der Waals surface area (Å²) in [6.45, 7) is 5.08. The smallest absolute Gasteiger partial charge is 0.217 e. The lowest BCUT2D eigenvalue weighted by Crippen LogP contribution is -2.50. The fraction of sp³-hybridized carbons (Fsp3) is 1.00. The summed E-state index contributed by atoms with van der Waals surface area (Å²) in [5.41, 5.74) is 0. The fourth-order valence-electron chi connectivity index (χ4n) is 2.32. The van der Waals surface area contributed by atoms with Crippen molar-refractivity contribution < 1.29 is 13.2 Å². The van der Waals surface area contributed by atoms with Crippen LogP contribution in [0.25, 0.3) is 0 Å². The Morgan fingerprint density at radius 1 is 1.31 bits per heavy atom. The summed E-state index contributed by atoms with van der Waals surface area (Å²) in [6.07, 6.45) is 1.48. The first-order valence-corrected chi connectivity index (χ1v) is 7.42. The van der Waals surface area contributed by atoms with Gasteiger partial charge in [-0.25, -0.2) is 8.42 Å². The SMILES string of the molecule is CC1CN(S(=O)(=O)C2CCNCC2)CCO1. The van der Waals surface area contributed by atoms with E-state index in [9.17, 15) is 8.42 Å². The van der Waals surface area contributed by atoms with Crippen molar-refractivity contribution in [3.8, 4) is 0 Å². The molecule has 0 amide bonds. The van der Waals surface area contributed by atoms with Crippen LogP contribution in [0.5, 0.6) is 0 Å². The van der Waals surface area contributed by atoms with Gasteiger partial charge in [-0.2, -0.15) is 4.31 Å². The minimum absolute atomic E-state index is 0.0187. The minimum atomic E-state index is -3.10. The molecule has 2 aliphatic heterocycles. The monoisotopic (exact) mass is 248 g/mol. The number of morpholine rings is 1. The van der Waals surface area contributed by atoms with Crippen molar-refractivity contribution in [2.75, 3.05) is 32.8 Å². The predicted molar refractivity (Wildman–Crippen MR) is 61.8 cm³/mol. The number of piperidine rings is 1. The lowest BCUT2D eigenvalue weighted by Gasteiger charge is -2.34. The molecule has 2 fully saturated rings. The molecule has 2 heterocycles. The molecule has 1 unspecified atom stereocenters. The van der Waals surface area contributed by atoms with Crippen molar-refractivity contribution in [2.24, 2.45) is 0 Å². The lowest BCUT2D eigenvalue weighted by molar-refractivity contribution is 0.00976.